The number of carbonyl (C=O) groups excluding carboxylic acids is 1. The number of amides is 1. The van der Waals surface area contributed by atoms with Crippen LogP contribution in [0.2, 0.25) is 0 Å². The number of carbonyl (C=O) groups is 1. The smallest absolute Gasteiger partial charge is 0.387 e. The molecule has 27 heavy (non-hydrogen) atoms. The van der Waals surface area contributed by atoms with Gasteiger partial charge in [0.05, 0.1) is 13.2 Å². The van der Waals surface area contributed by atoms with E-state index in [1.54, 1.807) is 12.1 Å². The fourth-order valence-electron chi connectivity index (χ4n) is 3.22. The topological polar surface area (TPSA) is 74.0 Å². The Kier molecular flexibility index (Phi) is 7.64. The summed E-state index contributed by atoms with van der Waals surface area (Å²) in [7, 11) is 1.39. The van der Waals surface area contributed by atoms with Gasteiger partial charge in [0.2, 0.25) is 0 Å². The van der Waals surface area contributed by atoms with Gasteiger partial charge in [-0.25, -0.2) is 0 Å². The van der Waals surface area contributed by atoms with E-state index in [4.69, 9.17) is 15.2 Å². The summed E-state index contributed by atoms with van der Waals surface area (Å²) in [5, 5.41) is 0. The second-order valence-electron chi connectivity index (χ2n) is 6.62. The predicted octanol–water partition coefficient (Wildman–Crippen LogP) is 2.72. The van der Waals surface area contributed by atoms with Gasteiger partial charge in [-0.15, -0.1) is 12.4 Å². The molecule has 152 valence electrons. The molecular formula is C18H25ClF2N2O4. The Labute approximate surface area is 163 Å². The number of nitrogens with zero attached hydrogens (tertiary/aromatic N) is 1. The lowest BCUT2D eigenvalue weighted by Gasteiger charge is -2.26. The third-order valence-corrected chi connectivity index (χ3v) is 4.71. The molecule has 2 atom stereocenters. The van der Waals surface area contributed by atoms with Crippen LogP contribution in [-0.2, 0) is 16.1 Å². The number of hydrogen-bond acceptors (Lipinski definition) is 5. The maximum absolute atomic E-state index is 12.9. The standard InChI is InChI=1S/C18H24F2N2O4.ClH/c1-24-16-8-11(2-6-14(16)26-18(19)20)10-22(12-3-4-12)17(23)15-7-5-13(9-21)25-15;/h2,6,8,12-13,15,18H,3-5,7,9-10,21H2,1H3;1H/t13-,15+;/m1./s1. The average Bonchev–Trinajstić information content (AvgIpc) is 3.35. The lowest BCUT2D eigenvalue weighted by Crippen LogP contribution is -2.40. The number of ether oxygens (including phenoxy) is 3. The summed E-state index contributed by atoms with van der Waals surface area (Å²) in [5.74, 6) is 0.155. The van der Waals surface area contributed by atoms with Crippen molar-refractivity contribution in [2.75, 3.05) is 13.7 Å². The van der Waals surface area contributed by atoms with E-state index in [1.165, 1.54) is 13.2 Å². The first-order chi connectivity index (χ1) is 12.5. The Morgan fingerprint density at radius 2 is 2.04 bits per heavy atom. The van der Waals surface area contributed by atoms with Crippen molar-refractivity contribution in [1.82, 2.24) is 4.90 Å². The van der Waals surface area contributed by atoms with Crippen LogP contribution < -0.4 is 15.2 Å². The molecule has 6 nitrogen and oxygen atoms in total. The lowest BCUT2D eigenvalue weighted by molar-refractivity contribution is -0.144. The molecule has 2 fully saturated rings. The Bertz CT molecular complexity index is 646. The summed E-state index contributed by atoms with van der Waals surface area (Å²) in [5.41, 5.74) is 6.41. The number of nitrogens with two attached hydrogens (primary N) is 1. The second kappa shape index (κ2) is 9.52. The van der Waals surface area contributed by atoms with Crippen LogP contribution in [-0.4, -0.2) is 49.3 Å². The molecule has 9 heteroatoms. The molecule has 3 rings (SSSR count). The maximum atomic E-state index is 12.9. The third kappa shape index (κ3) is 5.43. The van der Waals surface area contributed by atoms with Crippen molar-refractivity contribution in [2.45, 2.75) is 57.1 Å². The van der Waals surface area contributed by atoms with E-state index in [0.717, 1.165) is 24.8 Å². The quantitative estimate of drug-likeness (QED) is 0.718. The Balaban J connectivity index is 0.00000261. The van der Waals surface area contributed by atoms with Crippen molar-refractivity contribution < 1.29 is 27.8 Å². The summed E-state index contributed by atoms with van der Waals surface area (Å²) in [6.45, 7) is -2.13. The van der Waals surface area contributed by atoms with E-state index in [0.29, 0.717) is 19.5 Å². The van der Waals surface area contributed by atoms with Crippen LogP contribution in [0.15, 0.2) is 18.2 Å². The largest absolute Gasteiger partial charge is 0.493 e. The number of rotatable bonds is 8. The van der Waals surface area contributed by atoms with Crippen molar-refractivity contribution >= 4 is 18.3 Å². The zero-order valence-electron chi connectivity index (χ0n) is 15.1. The van der Waals surface area contributed by atoms with E-state index in [1.807, 2.05) is 4.90 Å². The van der Waals surface area contributed by atoms with Gasteiger partial charge in [-0.1, -0.05) is 6.07 Å². The average molecular weight is 407 g/mol. The monoisotopic (exact) mass is 406 g/mol. The molecule has 2 aliphatic rings. The minimum Gasteiger partial charge on any atom is -0.493 e. The molecule has 1 heterocycles. The first kappa shape index (κ1) is 21.7. The van der Waals surface area contributed by atoms with Crippen LogP contribution in [0, 0.1) is 0 Å². The van der Waals surface area contributed by atoms with Crippen LogP contribution >= 0.6 is 12.4 Å². The van der Waals surface area contributed by atoms with Gasteiger partial charge < -0.3 is 24.8 Å². The Hall–Kier alpha value is -1.64. The van der Waals surface area contributed by atoms with Crippen molar-refractivity contribution in [3.8, 4) is 11.5 Å². The number of benzene rings is 1. The highest BCUT2D eigenvalue weighted by Crippen LogP contribution is 2.34. The maximum Gasteiger partial charge on any atom is 0.387 e. The minimum atomic E-state index is -2.92. The predicted molar refractivity (Wildman–Crippen MR) is 97.4 cm³/mol. The fourth-order valence-corrected chi connectivity index (χ4v) is 3.22. The van der Waals surface area contributed by atoms with Crippen molar-refractivity contribution in [1.29, 1.82) is 0 Å². The first-order valence-electron chi connectivity index (χ1n) is 8.79. The molecule has 1 aromatic rings. The van der Waals surface area contributed by atoms with E-state index >= 15 is 0 Å². The summed E-state index contributed by atoms with van der Waals surface area (Å²) >= 11 is 0. The van der Waals surface area contributed by atoms with Crippen molar-refractivity contribution in [3.05, 3.63) is 23.8 Å². The Morgan fingerprint density at radius 1 is 1.30 bits per heavy atom. The summed E-state index contributed by atoms with van der Waals surface area (Å²) < 4.78 is 40.2. The summed E-state index contributed by atoms with van der Waals surface area (Å²) in [4.78, 5) is 14.7. The van der Waals surface area contributed by atoms with Gasteiger partial charge >= 0.3 is 6.61 Å². The molecule has 0 aromatic heterocycles. The highest BCUT2D eigenvalue weighted by molar-refractivity contribution is 5.85. The minimum absolute atomic E-state index is 0. The zero-order valence-corrected chi connectivity index (χ0v) is 15.9. The molecule has 1 saturated heterocycles. The molecule has 0 spiro atoms. The normalized spacial score (nSPS) is 21.7. The first-order valence-corrected chi connectivity index (χ1v) is 8.79. The lowest BCUT2D eigenvalue weighted by atomic mass is 10.1. The molecule has 0 bridgehead atoms. The number of hydrogen-bond donors (Lipinski definition) is 1. The SMILES string of the molecule is COc1cc(CN(C(=O)[C@@H]2CC[C@H](CN)O2)C2CC2)ccc1OC(F)F.Cl. The Morgan fingerprint density at radius 3 is 2.59 bits per heavy atom. The molecule has 1 aliphatic heterocycles. The highest BCUT2D eigenvalue weighted by atomic mass is 35.5. The van der Waals surface area contributed by atoms with E-state index in [9.17, 15) is 13.6 Å². The molecule has 2 N–H and O–H groups in total. The molecule has 0 unspecified atom stereocenters. The van der Waals surface area contributed by atoms with Crippen LogP contribution in [0.4, 0.5) is 8.78 Å². The van der Waals surface area contributed by atoms with Gasteiger partial charge in [-0.05, 0) is 43.4 Å². The molecular weight excluding hydrogens is 382 g/mol. The molecule has 1 amide bonds. The van der Waals surface area contributed by atoms with E-state index in [2.05, 4.69) is 4.74 Å². The summed E-state index contributed by atoms with van der Waals surface area (Å²) in [6.07, 6.45) is 2.88. The van der Waals surface area contributed by atoms with Gasteiger partial charge in [0, 0.05) is 19.1 Å². The molecule has 1 saturated carbocycles. The van der Waals surface area contributed by atoms with E-state index in [-0.39, 0.29) is 42.0 Å². The number of alkyl halides is 2. The van der Waals surface area contributed by atoms with Gasteiger partial charge in [-0.3, -0.25) is 4.79 Å². The molecule has 0 radical (unpaired) electrons. The van der Waals surface area contributed by atoms with Crippen molar-refractivity contribution in [3.63, 3.8) is 0 Å². The van der Waals surface area contributed by atoms with E-state index < -0.39 is 12.7 Å². The number of methoxy groups -OCH3 is 1. The molecule has 1 aromatic carbocycles. The molecule has 1 aliphatic carbocycles. The van der Waals surface area contributed by atoms with Crippen molar-refractivity contribution in [2.24, 2.45) is 5.73 Å². The highest BCUT2D eigenvalue weighted by Gasteiger charge is 2.39. The van der Waals surface area contributed by atoms with Crippen LogP contribution in [0.1, 0.15) is 31.2 Å². The van der Waals surface area contributed by atoms with Gasteiger partial charge in [-0.2, -0.15) is 8.78 Å². The zero-order chi connectivity index (χ0) is 18.7. The van der Waals surface area contributed by atoms with Crippen LogP contribution in [0.5, 0.6) is 11.5 Å². The van der Waals surface area contributed by atoms with Gasteiger partial charge in [0.25, 0.3) is 5.91 Å². The second-order valence-corrected chi connectivity index (χ2v) is 6.62. The number of halogens is 3. The third-order valence-electron chi connectivity index (χ3n) is 4.71. The summed E-state index contributed by atoms with van der Waals surface area (Å²) in [6, 6.07) is 4.93. The van der Waals surface area contributed by atoms with Crippen LogP contribution in [0.25, 0.3) is 0 Å². The van der Waals surface area contributed by atoms with Gasteiger partial charge in [0.1, 0.15) is 6.10 Å². The van der Waals surface area contributed by atoms with Crippen LogP contribution in [0.3, 0.4) is 0 Å². The van der Waals surface area contributed by atoms with Gasteiger partial charge in [0.15, 0.2) is 11.5 Å². The fraction of sp³-hybridized carbons (Fsp3) is 0.611.